The molecule has 0 heterocycles. The molecule has 172 valence electrons. The number of nitrogens with one attached hydrogen (secondary N) is 1. The van der Waals surface area contributed by atoms with Crippen LogP contribution in [0.15, 0.2) is 78.9 Å². The fourth-order valence-electron chi connectivity index (χ4n) is 4.15. The number of rotatable bonds is 8. The molecule has 6 nitrogen and oxygen atoms in total. The predicted octanol–water partition coefficient (Wildman–Crippen LogP) is 4.23. The van der Waals surface area contributed by atoms with E-state index in [2.05, 4.69) is 17.4 Å². The molecule has 7 heteroatoms. The molecule has 1 atom stereocenters. The van der Waals surface area contributed by atoms with Crippen LogP contribution in [-0.2, 0) is 27.8 Å². The van der Waals surface area contributed by atoms with Crippen LogP contribution in [0, 0.1) is 0 Å². The molecular weight excluding hydrogens is 436 g/mol. The highest BCUT2D eigenvalue weighted by Gasteiger charge is 2.22. The van der Waals surface area contributed by atoms with E-state index in [9.17, 15) is 13.2 Å². The van der Waals surface area contributed by atoms with Crippen molar-refractivity contribution >= 4 is 21.6 Å². The highest BCUT2D eigenvalue weighted by molar-refractivity contribution is 7.92. The molecule has 1 N–H and O–H groups in total. The Kier molecular flexibility index (Phi) is 6.99. The largest absolute Gasteiger partial charge is 0.484 e. The topological polar surface area (TPSA) is 75.7 Å². The molecule has 0 bridgehead atoms. The van der Waals surface area contributed by atoms with Crippen molar-refractivity contribution in [1.82, 2.24) is 5.32 Å². The number of aryl methyl sites for hydroxylation is 1. The van der Waals surface area contributed by atoms with Crippen LogP contribution >= 0.6 is 0 Å². The Morgan fingerprint density at radius 1 is 1.00 bits per heavy atom. The SMILES string of the molecule is CS(=O)(=O)N(Cc1ccccc1)c1ccc(OCC(=O)NC2CCCc3ccccc32)cc1. The molecule has 33 heavy (non-hydrogen) atoms. The van der Waals surface area contributed by atoms with Gasteiger partial charge in [0.05, 0.1) is 24.5 Å². The van der Waals surface area contributed by atoms with Crippen LogP contribution < -0.4 is 14.4 Å². The number of hydrogen-bond acceptors (Lipinski definition) is 4. The third kappa shape index (κ3) is 5.93. The molecule has 4 rings (SSSR count). The molecule has 1 aliphatic rings. The molecule has 0 fully saturated rings. The summed E-state index contributed by atoms with van der Waals surface area (Å²) in [5.74, 6) is 0.328. The van der Waals surface area contributed by atoms with Crippen molar-refractivity contribution in [2.75, 3.05) is 17.2 Å². The normalized spacial score (nSPS) is 15.4. The number of ether oxygens (including phenoxy) is 1. The fraction of sp³-hybridized carbons (Fsp3) is 0.269. The second-order valence-corrected chi connectivity index (χ2v) is 10.2. The van der Waals surface area contributed by atoms with E-state index in [0.717, 1.165) is 24.8 Å². The third-order valence-electron chi connectivity index (χ3n) is 5.77. The summed E-state index contributed by atoms with van der Waals surface area (Å²) in [4.78, 5) is 12.5. The molecule has 0 saturated heterocycles. The Balaban J connectivity index is 1.37. The minimum atomic E-state index is -3.47. The van der Waals surface area contributed by atoms with Crippen LogP contribution in [0.3, 0.4) is 0 Å². The summed E-state index contributed by atoms with van der Waals surface area (Å²) >= 11 is 0. The molecule has 0 radical (unpaired) electrons. The first-order valence-corrected chi connectivity index (χ1v) is 12.9. The van der Waals surface area contributed by atoms with Gasteiger partial charge >= 0.3 is 0 Å². The highest BCUT2D eigenvalue weighted by atomic mass is 32.2. The van der Waals surface area contributed by atoms with Crippen LogP contribution in [0.4, 0.5) is 5.69 Å². The van der Waals surface area contributed by atoms with Crippen LogP contribution in [-0.4, -0.2) is 27.2 Å². The lowest BCUT2D eigenvalue weighted by atomic mass is 9.88. The van der Waals surface area contributed by atoms with Gasteiger partial charge in [-0.05, 0) is 60.2 Å². The Morgan fingerprint density at radius 2 is 1.70 bits per heavy atom. The van der Waals surface area contributed by atoms with Crippen molar-refractivity contribution in [1.29, 1.82) is 0 Å². The van der Waals surface area contributed by atoms with Gasteiger partial charge in [-0.1, -0.05) is 54.6 Å². The summed E-state index contributed by atoms with van der Waals surface area (Å²) in [6.45, 7) is 0.142. The van der Waals surface area contributed by atoms with E-state index in [4.69, 9.17) is 4.74 Å². The first-order chi connectivity index (χ1) is 15.9. The number of benzene rings is 3. The Labute approximate surface area is 195 Å². The second-order valence-electron chi connectivity index (χ2n) is 8.25. The van der Waals surface area contributed by atoms with Crippen LogP contribution in [0.25, 0.3) is 0 Å². The molecule has 0 aromatic heterocycles. The summed E-state index contributed by atoms with van der Waals surface area (Å²) in [5.41, 5.74) is 3.90. The zero-order chi connectivity index (χ0) is 23.3. The van der Waals surface area contributed by atoms with Gasteiger partial charge < -0.3 is 10.1 Å². The van der Waals surface area contributed by atoms with Crippen LogP contribution in [0.1, 0.15) is 35.6 Å². The monoisotopic (exact) mass is 464 g/mol. The standard InChI is InChI=1S/C26H28N2O4S/c1-33(30,31)28(18-20-8-3-2-4-9-20)22-14-16-23(17-15-22)32-19-26(29)27-25-13-7-11-21-10-5-6-12-24(21)25/h2-6,8-10,12,14-17,25H,7,11,13,18-19H2,1H3,(H,27,29). The lowest BCUT2D eigenvalue weighted by Gasteiger charge is -2.26. The number of nitrogens with zero attached hydrogens (tertiary/aromatic N) is 1. The van der Waals surface area contributed by atoms with Gasteiger partial charge in [0, 0.05) is 0 Å². The Hall–Kier alpha value is -3.32. The summed E-state index contributed by atoms with van der Waals surface area (Å²) in [5, 5.41) is 3.07. The molecule has 0 spiro atoms. The van der Waals surface area contributed by atoms with Crippen molar-refractivity contribution in [2.24, 2.45) is 0 Å². The maximum atomic E-state index is 12.5. The highest BCUT2D eigenvalue weighted by Crippen LogP contribution is 2.29. The lowest BCUT2D eigenvalue weighted by molar-refractivity contribution is -0.123. The van der Waals surface area contributed by atoms with Crippen molar-refractivity contribution < 1.29 is 17.9 Å². The number of anilines is 1. The maximum absolute atomic E-state index is 12.5. The molecule has 3 aromatic carbocycles. The smallest absolute Gasteiger partial charge is 0.258 e. The van der Waals surface area contributed by atoms with E-state index < -0.39 is 10.0 Å². The summed E-state index contributed by atoms with van der Waals surface area (Å²) < 4.78 is 31.7. The number of amides is 1. The molecule has 1 amide bonds. The molecular formula is C26H28N2O4S. The second kappa shape index (κ2) is 10.1. The number of carbonyl (C=O) groups is 1. The number of hydrogen-bond donors (Lipinski definition) is 1. The number of sulfonamides is 1. The van der Waals surface area contributed by atoms with E-state index in [0.29, 0.717) is 11.4 Å². The van der Waals surface area contributed by atoms with Gasteiger partial charge in [-0.2, -0.15) is 0 Å². The van der Waals surface area contributed by atoms with Gasteiger partial charge in [0.15, 0.2) is 6.61 Å². The molecule has 1 unspecified atom stereocenters. The lowest BCUT2D eigenvalue weighted by Crippen LogP contribution is -2.34. The number of fused-ring (bicyclic) bond motifs is 1. The van der Waals surface area contributed by atoms with E-state index in [1.54, 1.807) is 24.3 Å². The average molecular weight is 465 g/mol. The molecule has 1 aliphatic carbocycles. The van der Waals surface area contributed by atoms with Gasteiger partial charge in [0.1, 0.15) is 5.75 Å². The van der Waals surface area contributed by atoms with Gasteiger partial charge in [0.25, 0.3) is 5.91 Å². The maximum Gasteiger partial charge on any atom is 0.258 e. The fourth-order valence-corrected chi connectivity index (χ4v) is 5.03. The number of carbonyl (C=O) groups excluding carboxylic acids is 1. The summed E-state index contributed by atoms with van der Waals surface area (Å²) in [7, 11) is -3.47. The first-order valence-electron chi connectivity index (χ1n) is 11.0. The van der Waals surface area contributed by atoms with Crippen molar-refractivity contribution in [3.8, 4) is 5.75 Å². The summed E-state index contributed by atoms with van der Waals surface area (Å²) in [6.07, 6.45) is 4.19. The Bertz CT molecular complexity index is 1190. The van der Waals surface area contributed by atoms with Gasteiger partial charge in [-0.25, -0.2) is 8.42 Å². The minimum absolute atomic E-state index is 0.00901. The van der Waals surface area contributed by atoms with E-state index in [1.165, 1.54) is 21.7 Å². The average Bonchev–Trinajstić information content (AvgIpc) is 2.82. The van der Waals surface area contributed by atoms with Crippen molar-refractivity contribution in [3.05, 3.63) is 95.6 Å². The zero-order valence-electron chi connectivity index (χ0n) is 18.6. The molecule has 0 aliphatic heterocycles. The summed E-state index contributed by atoms with van der Waals surface area (Å²) in [6, 6.07) is 24.4. The van der Waals surface area contributed by atoms with Gasteiger partial charge in [-0.15, -0.1) is 0 Å². The van der Waals surface area contributed by atoms with E-state index >= 15 is 0 Å². The zero-order valence-corrected chi connectivity index (χ0v) is 19.4. The van der Waals surface area contributed by atoms with E-state index in [1.807, 2.05) is 42.5 Å². The van der Waals surface area contributed by atoms with Crippen molar-refractivity contribution in [3.63, 3.8) is 0 Å². The van der Waals surface area contributed by atoms with Gasteiger partial charge in [0.2, 0.25) is 10.0 Å². The Morgan fingerprint density at radius 3 is 2.42 bits per heavy atom. The first kappa shape index (κ1) is 22.9. The predicted molar refractivity (Wildman–Crippen MR) is 130 cm³/mol. The minimum Gasteiger partial charge on any atom is -0.484 e. The molecule has 3 aromatic rings. The quantitative estimate of drug-likeness (QED) is 0.541. The molecule has 0 saturated carbocycles. The van der Waals surface area contributed by atoms with E-state index in [-0.39, 0.29) is 25.1 Å². The van der Waals surface area contributed by atoms with Gasteiger partial charge in [-0.3, -0.25) is 9.10 Å². The third-order valence-corrected chi connectivity index (χ3v) is 6.91. The van der Waals surface area contributed by atoms with Crippen LogP contribution in [0.2, 0.25) is 0 Å². The van der Waals surface area contributed by atoms with Crippen molar-refractivity contribution in [2.45, 2.75) is 31.8 Å². The van der Waals surface area contributed by atoms with Crippen LogP contribution in [0.5, 0.6) is 5.75 Å².